The Morgan fingerprint density at radius 1 is 1.29 bits per heavy atom. The Labute approximate surface area is 179 Å². The van der Waals surface area contributed by atoms with E-state index in [1.165, 1.54) is 29.2 Å². The molecule has 2 unspecified atom stereocenters. The van der Waals surface area contributed by atoms with E-state index in [1.54, 1.807) is 19.2 Å². The van der Waals surface area contributed by atoms with Crippen molar-refractivity contribution in [2.75, 3.05) is 5.75 Å². The highest BCUT2D eigenvalue weighted by Gasteiger charge is 2.32. The molecule has 2 heterocycles. The quantitative estimate of drug-likeness (QED) is 0.410. The van der Waals surface area contributed by atoms with Crippen molar-refractivity contribution in [3.8, 4) is 0 Å². The molecule has 0 saturated carbocycles. The number of tetrazole rings is 1. The highest BCUT2D eigenvalue weighted by Crippen LogP contribution is 2.31. The summed E-state index contributed by atoms with van der Waals surface area (Å²) in [6.07, 6.45) is -2.79. The van der Waals surface area contributed by atoms with Crippen LogP contribution >= 0.6 is 11.8 Å². The van der Waals surface area contributed by atoms with Crippen LogP contribution in [0.3, 0.4) is 0 Å². The molecule has 0 radical (unpaired) electrons. The van der Waals surface area contributed by atoms with Crippen LogP contribution in [0.15, 0.2) is 53.9 Å². The Balaban J connectivity index is 1.73. The van der Waals surface area contributed by atoms with Gasteiger partial charge in [0.1, 0.15) is 6.61 Å². The third kappa shape index (κ3) is 6.01. The Bertz CT molecular complexity index is 1020. The Hall–Kier alpha value is -2.99. The van der Waals surface area contributed by atoms with Gasteiger partial charge in [-0.2, -0.15) is 13.2 Å². The van der Waals surface area contributed by atoms with Crippen molar-refractivity contribution in [2.24, 2.45) is 13.0 Å². The van der Waals surface area contributed by atoms with Crippen LogP contribution in [0.5, 0.6) is 0 Å². The number of carbonyl (C=O) groups excluding carboxylic acids is 1. The highest BCUT2D eigenvalue weighted by atomic mass is 32.2. The number of nitrogens with zero attached hydrogens (tertiary/aromatic N) is 5. The lowest BCUT2D eigenvalue weighted by Gasteiger charge is -2.21. The maximum Gasteiger partial charge on any atom is 0.416 e. The van der Waals surface area contributed by atoms with Crippen LogP contribution in [-0.4, -0.2) is 42.0 Å². The minimum Gasteiger partial charge on any atom is -0.460 e. The third-order valence-corrected chi connectivity index (χ3v) is 5.45. The van der Waals surface area contributed by atoms with Crippen LogP contribution in [-0.2, 0) is 29.4 Å². The van der Waals surface area contributed by atoms with E-state index in [2.05, 4.69) is 20.5 Å². The van der Waals surface area contributed by atoms with Gasteiger partial charge >= 0.3 is 12.1 Å². The van der Waals surface area contributed by atoms with Gasteiger partial charge in [-0.3, -0.25) is 9.78 Å². The van der Waals surface area contributed by atoms with Crippen molar-refractivity contribution in [3.05, 3.63) is 65.5 Å². The summed E-state index contributed by atoms with van der Waals surface area (Å²) >= 11 is 1.14. The third-order valence-electron chi connectivity index (χ3n) is 4.32. The van der Waals surface area contributed by atoms with Gasteiger partial charge in [0.05, 0.1) is 17.6 Å². The number of halogens is 3. The van der Waals surface area contributed by atoms with E-state index in [-0.39, 0.29) is 17.9 Å². The van der Waals surface area contributed by atoms with Crippen molar-refractivity contribution in [1.82, 2.24) is 25.2 Å². The molecule has 0 aliphatic heterocycles. The maximum absolute atomic E-state index is 12.9. The van der Waals surface area contributed by atoms with Crippen LogP contribution in [0.25, 0.3) is 0 Å². The van der Waals surface area contributed by atoms with E-state index in [1.807, 2.05) is 0 Å². The molecule has 31 heavy (non-hydrogen) atoms. The number of aromatic nitrogens is 5. The molecular weight excluding hydrogens is 435 g/mol. The van der Waals surface area contributed by atoms with Crippen LogP contribution < -0.4 is 0 Å². The van der Waals surface area contributed by atoms with Gasteiger partial charge < -0.3 is 9.84 Å². The van der Waals surface area contributed by atoms with Crippen molar-refractivity contribution < 1.29 is 27.8 Å². The first-order chi connectivity index (χ1) is 14.8. The topological polar surface area (TPSA) is 103 Å². The smallest absolute Gasteiger partial charge is 0.416 e. The lowest BCUT2D eigenvalue weighted by molar-refractivity contribution is -0.153. The van der Waals surface area contributed by atoms with E-state index in [0.29, 0.717) is 10.7 Å². The number of hydrogen-bond donors (Lipinski definition) is 1. The second-order valence-electron chi connectivity index (χ2n) is 6.54. The molecule has 0 aliphatic rings. The Morgan fingerprint density at radius 3 is 2.74 bits per heavy atom. The first-order valence-corrected chi connectivity index (χ1v) is 10.00. The zero-order valence-electron chi connectivity index (χ0n) is 16.2. The number of ether oxygens (including phenoxy) is 1. The number of pyridine rings is 1. The van der Waals surface area contributed by atoms with Crippen LogP contribution in [0.1, 0.15) is 22.8 Å². The van der Waals surface area contributed by atoms with Gasteiger partial charge in [-0.25, -0.2) is 4.68 Å². The number of aliphatic hydroxyl groups is 1. The number of hydrogen-bond acceptors (Lipinski definition) is 8. The molecular formula is C19H18F3N5O3S. The second-order valence-corrected chi connectivity index (χ2v) is 7.53. The summed E-state index contributed by atoms with van der Waals surface area (Å²) < 4.78 is 45.3. The molecule has 0 saturated heterocycles. The average molecular weight is 453 g/mol. The second kappa shape index (κ2) is 9.88. The van der Waals surface area contributed by atoms with Crippen molar-refractivity contribution in [1.29, 1.82) is 0 Å². The number of alkyl halides is 3. The van der Waals surface area contributed by atoms with Crippen molar-refractivity contribution in [2.45, 2.75) is 24.0 Å². The normalized spacial score (nSPS) is 13.6. The largest absolute Gasteiger partial charge is 0.460 e. The van der Waals surface area contributed by atoms with Crippen LogP contribution in [0, 0.1) is 5.92 Å². The molecule has 3 rings (SSSR count). The SMILES string of the molecule is Cn1nnnc1SCC(C(=O)OCc1cccc(C(F)(F)F)c1)C(O)c1cccnc1. The molecule has 2 atom stereocenters. The van der Waals surface area contributed by atoms with Gasteiger partial charge in [0, 0.05) is 25.2 Å². The van der Waals surface area contributed by atoms with Gasteiger partial charge in [0.15, 0.2) is 0 Å². The number of aliphatic hydroxyl groups excluding tert-OH is 1. The minimum absolute atomic E-state index is 0.0751. The number of thioether (sulfide) groups is 1. The first-order valence-electron chi connectivity index (χ1n) is 9.01. The van der Waals surface area contributed by atoms with E-state index in [9.17, 15) is 23.1 Å². The van der Waals surface area contributed by atoms with E-state index in [0.717, 1.165) is 23.9 Å². The lowest BCUT2D eigenvalue weighted by atomic mass is 9.99. The lowest BCUT2D eigenvalue weighted by Crippen LogP contribution is -2.27. The molecule has 2 aromatic heterocycles. The number of esters is 1. The zero-order chi connectivity index (χ0) is 22.4. The minimum atomic E-state index is -4.50. The number of benzene rings is 1. The molecule has 164 valence electrons. The Morgan fingerprint density at radius 2 is 2.10 bits per heavy atom. The predicted octanol–water partition coefficient (Wildman–Crippen LogP) is 2.81. The monoisotopic (exact) mass is 453 g/mol. The fourth-order valence-corrected chi connectivity index (χ4v) is 3.64. The predicted molar refractivity (Wildman–Crippen MR) is 103 cm³/mol. The van der Waals surface area contributed by atoms with Crippen LogP contribution in [0.4, 0.5) is 13.2 Å². The van der Waals surface area contributed by atoms with Crippen molar-refractivity contribution in [3.63, 3.8) is 0 Å². The van der Waals surface area contributed by atoms with Gasteiger partial charge in [0.25, 0.3) is 0 Å². The molecule has 0 bridgehead atoms. The summed E-state index contributed by atoms with van der Waals surface area (Å²) in [6.45, 7) is -0.366. The molecule has 0 amide bonds. The molecule has 0 spiro atoms. The number of rotatable bonds is 8. The molecule has 0 fully saturated rings. The summed E-state index contributed by atoms with van der Waals surface area (Å²) in [5.74, 6) is -1.72. The number of carbonyl (C=O) groups is 1. The van der Waals surface area contributed by atoms with E-state index < -0.39 is 29.7 Å². The highest BCUT2D eigenvalue weighted by molar-refractivity contribution is 7.99. The summed E-state index contributed by atoms with van der Waals surface area (Å²) in [5, 5.41) is 22.2. The zero-order valence-corrected chi connectivity index (χ0v) is 17.0. The number of aryl methyl sites for hydroxylation is 1. The van der Waals surface area contributed by atoms with E-state index in [4.69, 9.17) is 4.74 Å². The fraction of sp³-hybridized carbons (Fsp3) is 0.316. The molecule has 1 N–H and O–H groups in total. The molecule has 1 aromatic carbocycles. The fourth-order valence-electron chi connectivity index (χ4n) is 2.68. The summed E-state index contributed by atoms with van der Waals surface area (Å²) in [6, 6.07) is 7.74. The molecule has 3 aromatic rings. The average Bonchev–Trinajstić information content (AvgIpc) is 3.17. The summed E-state index contributed by atoms with van der Waals surface area (Å²) in [4.78, 5) is 16.7. The van der Waals surface area contributed by atoms with Gasteiger partial charge in [-0.05, 0) is 39.8 Å². The maximum atomic E-state index is 12.9. The van der Waals surface area contributed by atoms with E-state index >= 15 is 0 Å². The van der Waals surface area contributed by atoms with Gasteiger partial charge in [-0.15, -0.1) is 5.10 Å². The Kier molecular flexibility index (Phi) is 7.23. The standard InChI is InChI=1S/C19H18F3N5O3S/c1-27-18(24-25-26-27)31-11-15(16(28)13-5-3-7-23-9-13)17(29)30-10-12-4-2-6-14(8-12)19(20,21)22/h2-9,15-16,28H,10-11H2,1H3. The van der Waals surface area contributed by atoms with Crippen molar-refractivity contribution >= 4 is 17.7 Å². The van der Waals surface area contributed by atoms with Gasteiger partial charge in [0.2, 0.25) is 5.16 Å². The van der Waals surface area contributed by atoms with Crippen LogP contribution in [0.2, 0.25) is 0 Å². The van der Waals surface area contributed by atoms with Gasteiger partial charge in [-0.1, -0.05) is 30.0 Å². The molecule has 8 nitrogen and oxygen atoms in total. The molecule has 12 heteroatoms. The summed E-state index contributed by atoms with van der Waals surface area (Å²) in [5.41, 5.74) is -0.249. The summed E-state index contributed by atoms with van der Waals surface area (Å²) in [7, 11) is 1.63. The molecule has 0 aliphatic carbocycles. The first kappa shape index (κ1) is 22.7.